The molecule has 2 nitrogen and oxygen atoms in total. The summed E-state index contributed by atoms with van der Waals surface area (Å²) in [6.07, 6.45) is 0.729. The number of benzene rings is 1. The van der Waals surface area contributed by atoms with Gasteiger partial charge in [-0.05, 0) is 36.9 Å². The van der Waals surface area contributed by atoms with Crippen molar-refractivity contribution in [2.45, 2.75) is 18.7 Å². The lowest BCUT2D eigenvalue weighted by Crippen LogP contribution is -2.24. The number of hydrogen-bond acceptors (Lipinski definition) is 2. The molecule has 96 valence electrons. The van der Waals surface area contributed by atoms with E-state index in [0.717, 1.165) is 16.5 Å². The van der Waals surface area contributed by atoms with Gasteiger partial charge in [0.15, 0.2) is 0 Å². The molecule has 0 saturated heterocycles. The summed E-state index contributed by atoms with van der Waals surface area (Å²) in [6.45, 7) is 2.43. The number of nitrogens with one attached hydrogen (secondary N) is 1. The quantitative estimate of drug-likeness (QED) is 0.851. The SMILES string of the molecule is CC(Cl)CCNC(=O)c1cc2ccc(F)cc2s1. The highest BCUT2D eigenvalue weighted by Crippen LogP contribution is 2.26. The monoisotopic (exact) mass is 285 g/mol. The van der Waals surface area contributed by atoms with Gasteiger partial charge in [-0.25, -0.2) is 4.39 Å². The molecular weight excluding hydrogens is 273 g/mol. The van der Waals surface area contributed by atoms with E-state index in [2.05, 4.69) is 5.32 Å². The van der Waals surface area contributed by atoms with E-state index in [1.54, 1.807) is 12.1 Å². The maximum atomic E-state index is 13.0. The summed E-state index contributed by atoms with van der Waals surface area (Å²) >= 11 is 7.09. The molecule has 1 N–H and O–H groups in total. The van der Waals surface area contributed by atoms with Crippen LogP contribution >= 0.6 is 22.9 Å². The van der Waals surface area contributed by atoms with Gasteiger partial charge >= 0.3 is 0 Å². The summed E-state index contributed by atoms with van der Waals surface area (Å²) in [6, 6.07) is 6.29. The second kappa shape index (κ2) is 5.67. The summed E-state index contributed by atoms with van der Waals surface area (Å²) in [5.41, 5.74) is 0. The summed E-state index contributed by atoms with van der Waals surface area (Å²) in [4.78, 5) is 12.4. The first-order valence-corrected chi connectivity index (χ1v) is 6.93. The molecular formula is C13H13ClFNOS. The third-order valence-electron chi connectivity index (χ3n) is 2.53. The molecule has 1 heterocycles. The lowest BCUT2D eigenvalue weighted by molar-refractivity contribution is 0.0957. The predicted molar refractivity (Wildman–Crippen MR) is 74.0 cm³/mol. The van der Waals surface area contributed by atoms with Crippen molar-refractivity contribution >= 4 is 38.9 Å². The number of amides is 1. The Labute approximate surface area is 114 Å². The van der Waals surface area contributed by atoms with Crippen LogP contribution in [0.4, 0.5) is 4.39 Å². The molecule has 2 rings (SSSR count). The van der Waals surface area contributed by atoms with Crippen LogP contribution in [0.3, 0.4) is 0 Å². The first kappa shape index (κ1) is 13.3. The lowest BCUT2D eigenvalue weighted by atomic mass is 10.2. The van der Waals surface area contributed by atoms with Crippen molar-refractivity contribution in [3.8, 4) is 0 Å². The molecule has 5 heteroatoms. The van der Waals surface area contributed by atoms with Crippen LogP contribution in [-0.2, 0) is 0 Å². The molecule has 0 radical (unpaired) electrons. The Kier molecular flexibility index (Phi) is 4.19. The van der Waals surface area contributed by atoms with Gasteiger partial charge in [-0.2, -0.15) is 0 Å². The first-order valence-electron chi connectivity index (χ1n) is 5.67. The summed E-state index contributed by atoms with van der Waals surface area (Å²) in [5.74, 6) is -0.416. The van der Waals surface area contributed by atoms with E-state index < -0.39 is 0 Å². The van der Waals surface area contributed by atoms with Gasteiger partial charge in [-0.1, -0.05) is 6.07 Å². The molecule has 0 aliphatic carbocycles. The average molecular weight is 286 g/mol. The Morgan fingerprint density at radius 3 is 3.00 bits per heavy atom. The van der Waals surface area contributed by atoms with Crippen LogP contribution in [0.2, 0.25) is 0 Å². The van der Waals surface area contributed by atoms with Crippen LogP contribution in [-0.4, -0.2) is 17.8 Å². The van der Waals surface area contributed by atoms with E-state index in [4.69, 9.17) is 11.6 Å². The van der Waals surface area contributed by atoms with Gasteiger partial charge in [-0.15, -0.1) is 22.9 Å². The van der Waals surface area contributed by atoms with E-state index in [-0.39, 0.29) is 17.1 Å². The van der Waals surface area contributed by atoms with Crippen molar-refractivity contribution in [3.63, 3.8) is 0 Å². The smallest absolute Gasteiger partial charge is 0.261 e. The number of carbonyl (C=O) groups is 1. The molecule has 18 heavy (non-hydrogen) atoms. The molecule has 0 spiro atoms. The highest BCUT2D eigenvalue weighted by Gasteiger charge is 2.10. The number of rotatable bonds is 4. The van der Waals surface area contributed by atoms with Crippen molar-refractivity contribution in [2.24, 2.45) is 0 Å². The number of fused-ring (bicyclic) bond motifs is 1. The van der Waals surface area contributed by atoms with Crippen molar-refractivity contribution in [1.82, 2.24) is 5.32 Å². The topological polar surface area (TPSA) is 29.1 Å². The number of hydrogen-bond donors (Lipinski definition) is 1. The minimum absolute atomic E-state index is 0.0433. The average Bonchev–Trinajstić information content (AvgIpc) is 2.71. The van der Waals surface area contributed by atoms with Gasteiger partial charge in [-0.3, -0.25) is 4.79 Å². The largest absolute Gasteiger partial charge is 0.351 e. The van der Waals surface area contributed by atoms with Gasteiger partial charge in [0.05, 0.1) is 4.88 Å². The molecule has 0 aliphatic heterocycles. The molecule has 1 amide bonds. The van der Waals surface area contributed by atoms with Crippen molar-refractivity contribution in [1.29, 1.82) is 0 Å². The Balaban J connectivity index is 2.08. The summed E-state index contributed by atoms with van der Waals surface area (Å²) in [5, 5.41) is 3.73. The van der Waals surface area contributed by atoms with Crippen molar-refractivity contribution in [2.75, 3.05) is 6.54 Å². The van der Waals surface area contributed by atoms with E-state index >= 15 is 0 Å². The molecule has 0 fully saturated rings. The number of carbonyl (C=O) groups excluding carboxylic acids is 1. The molecule has 0 aliphatic rings. The van der Waals surface area contributed by atoms with E-state index in [1.165, 1.54) is 23.5 Å². The molecule has 1 aromatic carbocycles. The van der Waals surface area contributed by atoms with E-state index in [9.17, 15) is 9.18 Å². The van der Waals surface area contributed by atoms with Crippen LogP contribution in [0.25, 0.3) is 10.1 Å². The number of alkyl halides is 1. The van der Waals surface area contributed by atoms with Gasteiger partial charge < -0.3 is 5.32 Å². The summed E-state index contributed by atoms with van der Waals surface area (Å²) in [7, 11) is 0. The Bertz CT molecular complexity index is 567. The molecule has 0 saturated carbocycles. The van der Waals surface area contributed by atoms with Crippen LogP contribution in [0.5, 0.6) is 0 Å². The molecule has 1 atom stereocenters. The van der Waals surface area contributed by atoms with Gasteiger partial charge in [0.2, 0.25) is 0 Å². The zero-order valence-electron chi connectivity index (χ0n) is 9.87. The third-order valence-corrected chi connectivity index (χ3v) is 3.85. The Hall–Kier alpha value is -1.13. The van der Waals surface area contributed by atoms with Crippen LogP contribution in [0.15, 0.2) is 24.3 Å². The van der Waals surface area contributed by atoms with Crippen molar-refractivity contribution in [3.05, 3.63) is 35.0 Å². The maximum absolute atomic E-state index is 13.0. The normalized spacial score (nSPS) is 12.6. The summed E-state index contributed by atoms with van der Waals surface area (Å²) < 4.78 is 13.8. The number of thiophene rings is 1. The lowest BCUT2D eigenvalue weighted by Gasteiger charge is -2.04. The minimum Gasteiger partial charge on any atom is -0.351 e. The van der Waals surface area contributed by atoms with Crippen molar-refractivity contribution < 1.29 is 9.18 Å². The van der Waals surface area contributed by atoms with Crippen LogP contribution in [0, 0.1) is 5.82 Å². The van der Waals surface area contributed by atoms with E-state index in [0.29, 0.717) is 11.4 Å². The minimum atomic E-state index is -0.285. The Morgan fingerprint density at radius 1 is 1.50 bits per heavy atom. The number of halogens is 2. The molecule has 2 aromatic rings. The molecule has 0 bridgehead atoms. The highest BCUT2D eigenvalue weighted by molar-refractivity contribution is 7.20. The zero-order chi connectivity index (χ0) is 13.1. The first-order chi connectivity index (χ1) is 8.56. The second-order valence-corrected chi connectivity index (χ2v) is 5.95. The maximum Gasteiger partial charge on any atom is 0.261 e. The molecule has 1 aromatic heterocycles. The Morgan fingerprint density at radius 2 is 2.28 bits per heavy atom. The second-order valence-electron chi connectivity index (χ2n) is 4.12. The standard InChI is InChI=1S/C13H13ClFNOS/c1-8(14)4-5-16-13(17)12-6-9-2-3-10(15)7-11(9)18-12/h2-3,6-8H,4-5H2,1H3,(H,16,17). The predicted octanol–water partition coefficient (Wildman–Crippen LogP) is 3.79. The third kappa shape index (κ3) is 3.21. The fourth-order valence-electron chi connectivity index (χ4n) is 1.59. The highest BCUT2D eigenvalue weighted by atomic mass is 35.5. The zero-order valence-corrected chi connectivity index (χ0v) is 11.4. The van der Waals surface area contributed by atoms with Gasteiger partial charge in [0.1, 0.15) is 5.82 Å². The van der Waals surface area contributed by atoms with Gasteiger partial charge in [0.25, 0.3) is 5.91 Å². The van der Waals surface area contributed by atoms with E-state index in [1.807, 2.05) is 6.92 Å². The fraction of sp³-hybridized carbons (Fsp3) is 0.308. The van der Waals surface area contributed by atoms with Crippen LogP contribution < -0.4 is 5.32 Å². The fourth-order valence-corrected chi connectivity index (χ4v) is 2.70. The molecule has 1 unspecified atom stereocenters. The van der Waals surface area contributed by atoms with Gasteiger partial charge in [0, 0.05) is 16.6 Å². The van der Waals surface area contributed by atoms with Crippen LogP contribution in [0.1, 0.15) is 23.0 Å².